The number of carbonyl (C=O) groups excluding carboxylic acids is 2. The van der Waals surface area contributed by atoms with Gasteiger partial charge in [0, 0.05) is 13.0 Å². The zero-order valence-electron chi connectivity index (χ0n) is 11.5. The fraction of sp³-hybridized carbons (Fsp3) is 0.500. The van der Waals surface area contributed by atoms with Crippen molar-refractivity contribution in [1.82, 2.24) is 4.90 Å². The maximum atomic E-state index is 12.1. The highest BCUT2D eigenvalue weighted by atomic mass is 16.5. The zero-order valence-corrected chi connectivity index (χ0v) is 11.5. The van der Waals surface area contributed by atoms with E-state index in [0.717, 1.165) is 0 Å². The molecule has 0 aliphatic rings. The van der Waals surface area contributed by atoms with Gasteiger partial charge in [0.2, 0.25) is 5.91 Å². The van der Waals surface area contributed by atoms with Crippen molar-refractivity contribution in [2.75, 3.05) is 13.2 Å². The molecular formula is C14H18N2O4. The van der Waals surface area contributed by atoms with Crippen molar-refractivity contribution in [3.63, 3.8) is 0 Å². The lowest BCUT2D eigenvalue weighted by Gasteiger charge is -2.20. The van der Waals surface area contributed by atoms with Crippen LogP contribution in [0.4, 0.5) is 0 Å². The van der Waals surface area contributed by atoms with Gasteiger partial charge >= 0.3 is 5.97 Å². The fourth-order valence-corrected chi connectivity index (χ4v) is 1.67. The Kier molecular flexibility index (Phi) is 6.90. The van der Waals surface area contributed by atoms with Crippen LogP contribution in [0.1, 0.15) is 31.9 Å². The Balaban J connectivity index is 2.51. The molecule has 108 valence electrons. The predicted molar refractivity (Wildman–Crippen MR) is 70.2 cm³/mol. The summed E-state index contributed by atoms with van der Waals surface area (Å²) in [4.78, 5) is 24.8. The van der Waals surface area contributed by atoms with E-state index in [4.69, 9.17) is 14.4 Å². The summed E-state index contributed by atoms with van der Waals surface area (Å²) in [6, 6.07) is 5.50. The molecule has 1 rings (SSSR count). The van der Waals surface area contributed by atoms with Crippen LogP contribution in [-0.2, 0) is 20.9 Å². The van der Waals surface area contributed by atoms with Crippen LogP contribution in [0.3, 0.4) is 0 Å². The Morgan fingerprint density at radius 2 is 2.25 bits per heavy atom. The molecule has 0 bridgehead atoms. The summed E-state index contributed by atoms with van der Waals surface area (Å²) in [6.07, 6.45) is 1.89. The molecule has 0 radical (unpaired) electrons. The van der Waals surface area contributed by atoms with Crippen LogP contribution in [0.2, 0.25) is 0 Å². The normalized spacial score (nSPS) is 9.80. The SMILES string of the molecule is CCOC(=O)CCC(=O)N(CCC#N)Cc1ccco1. The van der Waals surface area contributed by atoms with E-state index in [0.29, 0.717) is 25.5 Å². The molecule has 6 heteroatoms. The van der Waals surface area contributed by atoms with E-state index >= 15 is 0 Å². The monoisotopic (exact) mass is 278 g/mol. The Bertz CT molecular complexity index is 462. The van der Waals surface area contributed by atoms with Crippen molar-refractivity contribution in [1.29, 1.82) is 5.26 Å². The molecule has 0 unspecified atom stereocenters. The average molecular weight is 278 g/mol. The quantitative estimate of drug-likeness (QED) is 0.678. The molecule has 0 atom stereocenters. The molecule has 0 saturated heterocycles. The maximum Gasteiger partial charge on any atom is 0.306 e. The van der Waals surface area contributed by atoms with E-state index in [9.17, 15) is 9.59 Å². The molecule has 1 aromatic rings. The van der Waals surface area contributed by atoms with Gasteiger partial charge in [-0.25, -0.2) is 0 Å². The minimum absolute atomic E-state index is 0.0495. The van der Waals surface area contributed by atoms with Crippen molar-refractivity contribution < 1.29 is 18.7 Å². The van der Waals surface area contributed by atoms with Crippen LogP contribution in [0.5, 0.6) is 0 Å². The second-order valence-corrected chi connectivity index (χ2v) is 4.11. The first-order valence-corrected chi connectivity index (χ1v) is 6.50. The summed E-state index contributed by atoms with van der Waals surface area (Å²) >= 11 is 0. The van der Waals surface area contributed by atoms with Crippen LogP contribution < -0.4 is 0 Å². The van der Waals surface area contributed by atoms with Gasteiger partial charge in [-0.1, -0.05) is 0 Å². The molecule has 0 fully saturated rings. The van der Waals surface area contributed by atoms with Gasteiger partial charge in [-0.05, 0) is 19.1 Å². The zero-order chi connectivity index (χ0) is 14.8. The van der Waals surface area contributed by atoms with E-state index in [2.05, 4.69) is 0 Å². The van der Waals surface area contributed by atoms with Crippen molar-refractivity contribution in [3.8, 4) is 6.07 Å². The Morgan fingerprint density at radius 1 is 1.45 bits per heavy atom. The van der Waals surface area contributed by atoms with Gasteiger partial charge in [-0.2, -0.15) is 5.26 Å². The summed E-state index contributed by atoms with van der Waals surface area (Å²) in [5, 5.41) is 8.63. The summed E-state index contributed by atoms with van der Waals surface area (Å²) in [6.45, 7) is 2.64. The molecule has 1 heterocycles. The highest BCUT2D eigenvalue weighted by Crippen LogP contribution is 2.09. The van der Waals surface area contributed by atoms with Crippen LogP contribution in [0.25, 0.3) is 0 Å². The lowest BCUT2D eigenvalue weighted by molar-refractivity contribution is -0.145. The number of ether oxygens (including phenoxy) is 1. The summed E-state index contributed by atoms with van der Waals surface area (Å²) in [7, 11) is 0. The first-order chi connectivity index (χ1) is 9.67. The molecule has 20 heavy (non-hydrogen) atoms. The Morgan fingerprint density at radius 3 is 2.85 bits per heavy atom. The molecule has 0 spiro atoms. The number of furan rings is 1. The summed E-state index contributed by atoms with van der Waals surface area (Å²) in [5.41, 5.74) is 0. The third-order valence-electron chi connectivity index (χ3n) is 2.62. The number of hydrogen-bond acceptors (Lipinski definition) is 5. The Labute approximate surface area is 117 Å². The molecule has 0 aliphatic heterocycles. The number of hydrogen-bond donors (Lipinski definition) is 0. The topological polar surface area (TPSA) is 83.5 Å². The van der Waals surface area contributed by atoms with Gasteiger partial charge < -0.3 is 14.1 Å². The minimum Gasteiger partial charge on any atom is -0.467 e. The van der Waals surface area contributed by atoms with E-state index in [-0.39, 0.29) is 31.1 Å². The third-order valence-corrected chi connectivity index (χ3v) is 2.62. The molecule has 0 aromatic carbocycles. The summed E-state index contributed by atoms with van der Waals surface area (Å²) in [5.74, 6) is 0.0659. The second-order valence-electron chi connectivity index (χ2n) is 4.11. The van der Waals surface area contributed by atoms with Gasteiger partial charge in [-0.3, -0.25) is 9.59 Å². The third kappa shape index (κ3) is 5.57. The first-order valence-electron chi connectivity index (χ1n) is 6.50. The van der Waals surface area contributed by atoms with E-state index < -0.39 is 0 Å². The van der Waals surface area contributed by atoms with Crippen LogP contribution in [0.15, 0.2) is 22.8 Å². The lowest BCUT2D eigenvalue weighted by Crippen LogP contribution is -2.31. The van der Waals surface area contributed by atoms with Gasteiger partial charge in [-0.15, -0.1) is 0 Å². The standard InChI is InChI=1S/C14H18N2O4/c1-2-19-14(18)7-6-13(17)16(9-4-8-15)11-12-5-3-10-20-12/h3,5,10H,2,4,6-7,9,11H2,1H3. The first kappa shape index (κ1) is 15.8. The number of nitriles is 1. The number of rotatable bonds is 8. The molecule has 6 nitrogen and oxygen atoms in total. The smallest absolute Gasteiger partial charge is 0.306 e. The van der Waals surface area contributed by atoms with Crippen LogP contribution in [-0.4, -0.2) is 29.9 Å². The summed E-state index contributed by atoms with van der Waals surface area (Å²) < 4.78 is 9.97. The molecule has 0 saturated carbocycles. The van der Waals surface area contributed by atoms with Crippen LogP contribution in [0, 0.1) is 11.3 Å². The maximum absolute atomic E-state index is 12.1. The van der Waals surface area contributed by atoms with Gasteiger partial charge in [0.1, 0.15) is 5.76 Å². The van der Waals surface area contributed by atoms with Gasteiger partial charge in [0.25, 0.3) is 0 Å². The largest absolute Gasteiger partial charge is 0.467 e. The fourth-order valence-electron chi connectivity index (χ4n) is 1.67. The van der Waals surface area contributed by atoms with E-state index in [1.165, 1.54) is 11.2 Å². The van der Waals surface area contributed by atoms with Gasteiger partial charge in [0.05, 0.1) is 38.3 Å². The highest BCUT2D eigenvalue weighted by molar-refractivity contribution is 5.81. The number of esters is 1. The average Bonchev–Trinajstić information content (AvgIpc) is 2.94. The second kappa shape index (κ2) is 8.75. The predicted octanol–water partition coefficient (Wildman–Crippen LogP) is 1.87. The minimum atomic E-state index is -0.390. The molecule has 1 amide bonds. The van der Waals surface area contributed by atoms with Crippen molar-refractivity contribution >= 4 is 11.9 Å². The Hall–Kier alpha value is -2.29. The highest BCUT2D eigenvalue weighted by Gasteiger charge is 2.16. The van der Waals surface area contributed by atoms with Crippen molar-refractivity contribution in [2.45, 2.75) is 32.7 Å². The molecule has 1 aromatic heterocycles. The number of nitrogens with zero attached hydrogens (tertiary/aromatic N) is 2. The van der Waals surface area contributed by atoms with E-state index in [1.807, 2.05) is 6.07 Å². The molecule has 0 aliphatic carbocycles. The van der Waals surface area contributed by atoms with Crippen molar-refractivity contribution in [3.05, 3.63) is 24.2 Å². The van der Waals surface area contributed by atoms with Crippen molar-refractivity contribution in [2.24, 2.45) is 0 Å². The van der Waals surface area contributed by atoms with Gasteiger partial charge in [0.15, 0.2) is 0 Å². The van der Waals surface area contributed by atoms with E-state index in [1.54, 1.807) is 19.1 Å². The molecule has 0 N–H and O–H groups in total. The molecular weight excluding hydrogens is 260 g/mol. The number of carbonyl (C=O) groups is 2. The number of amides is 1. The lowest BCUT2D eigenvalue weighted by atomic mass is 10.2. The van der Waals surface area contributed by atoms with Crippen LogP contribution >= 0.6 is 0 Å².